The van der Waals surface area contributed by atoms with Crippen molar-refractivity contribution in [3.05, 3.63) is 58.1 Å². The number of nitrogens with zero attached hydrogens (tertiary/aromatic N) is 1. The van der Waals surface area contributed by atoms with Gasteiger partial charge in [-0.2, -0.15) is 0 Å². The summed E-state index contributed by atoms with van der Waals surface area (Å²) >= 11 is 6.44. The van der Waals surface area contributed by atoms with Gasteiger partial charge in [0.25, 0.3) is 5.91 Å². The summed E-state index contributed by atoms with van der Waals surface area (Å²) in [4.78, 5) is 28.4. The Hall–Kier alpha value is -2.66. The summed E-state index contributed by atoms with van der Waals surface area (Å²) in [7, 11) is -3.96. The molecule has 1 N–H and O–H groups in total. The average molecular weight is 685 g/mol. The molecule has 2 fully saturated rings. The first-order valence-corrected chi connectivity index (χ1v) is 19.1. The summed E-state index contributed by atoms with van der Waals surface area (Å²) < 4.78 is 48.5. The van der Waals surface area contributed by atoms with Crippen molar-refractivity contribution in [3.8, 4) is 5.75 Å². The van der Waals surface area contributed by atoms with Crippen molar-refractivity contribution in [2.45, 2.75) is 87.6 Å². The molecule has 254 valence electrons. The highest BCUT2D eigenvalue weighted by Gasteiger charge is 2.55. The van der Waals surface area contributed by atoms with Gasteiger partial charge in [-0.15, -0.1) is 0 Å². The van der Waals surface area contributed by atoms with Crippen LogP contribution in [0, 0.1) is 17.8 Å². The smallest absolute Gasteiger partial charge is 0.264 e. The number of carbonyl (C=O) groups is 2. The van der Waals surface area contributed by atoms with Crippen molar-refractivity contribution in [1.82, 2.24) is 4.72 Å². The van der Waals surface area contributed by atoms with E-state index in [0.717, 1.165) is 49.1 Å². The first kappa shape index (κ1) is 32.9. The van der Waals surface area contributed by atoms with E-state index in [4.69, 9.17) is 25.8 Å². The van der Waals surface area contributed by atoms with Crippen LogP contribution in [0.3, 0.4) is 0 Å². The van der Waals surface area contributed by atoms with E-state index in [1.54, 1.807) is 25.1 Å². The summed E-state index contributed by atoms with van der Waals surface area (Å²) in [5, 5.41) is -0.0717. The Morgan fingerprint density at radius 1 is 1.04 bits per heavy atom. The zero-order valence-electron chi connectivity index (χ0n) is 27.2. The van der Waals surface area contributed by atoms with Gasteiger partial charge in [0.05, 0.1) is 30.8 Å². The minimum atomic E-state index is -3.96. The number of rotatable bonds is 1. The maximum absolute atomic E-state index is 13.5. The predicted molar refractivity (Wildman–Crippen MR) is 180 cm³/mol. The van der Waals surface area contributed by atoms with Crippen LogP contribution in [-0.4, -0.2) is 70.5 Å². The molecule has 1 amide bonds. The molecule has 2 aromatic carbocycles. The molecule has 2 spiro atoms. The molecule has 5 aliphatic rings. The number of fused-ring (bicyclic) bond motifs is 5. The van der Waals surface area contributed by atoms with Gasteiger partial charge >= 0.3 is 0 Å². The summed E-state index contributed by atoms with van der Waals surface area (Å²) in [5.74, 6) is 0.117. The van der Waals surface area contributed by atoms with E-state index < -0.39 is 32.9 Å². The summed E-state index contributed by atoms with van der Waals surface area (Å²) in [6, 6.07) is 11.4. The number of anilines is 1. The van der Waals surface area contributed by atoms with E-state index >= 15 is 0 Å². The average Bonchev–Trinajstić information content (AvgIpc) is 3.19. The number of halogens is 1. The fraction of sp³-hybridized carbons (Fsp3) is 0.611. The summed E-state index contributed by atoms with van der Waals surface area (Å²) in [6.07, 6.45) is 6.92. The molecule has 0 unspecified atom stereocenters. The fourth-order valence-corrected chi connectivity index (χ4v) is 10.5. The van der Waals surface area contributed by atoms with Gasteiger partial charge in [-0.25, -0.2) is 13.1 Å². The Balaban J connectivity index is 1.33. The maximum Gasteiger partial charge on any atom is 0.264 e. The molecular weight excluding hydrogens is 640 g/mol. The normalized spacial score (nSPS) is 35.4. The highest BCUT2D eigenvalue weighted by atomic mass is 35.5. The number of hydrogen-bond acceptors (Lipinski definition) is 8. The molecule has 2 bridgehead atoms. The third-order valence-corrected chi connectivity index (χ3v) is 14.1. The molecule has 1 saturated carbocycles. The standard InChI is InChI=1S/C36H45ClN2O7S/c1-23-5-3-14-36(33(20-40)44-15-16-46-36)30-10-7-27(30)19-39-21-35(13-4-6-25-17-28(37)9-11-29(25)35)22-45-32-12-8-26(18-31(32)39)34(41)38-47(42,43)24(23)2/h8-9,11-12,17-18,20,23-24,27,30,33H,3-7,10,13-16,19,21-22H2,1-2H3,(H,38,41)/t23-,24+,27-,30+,33+,35-,36+/m0/s1. The maximum atomic E-state index is 13.5. The molecular formula is C36H45ClN2O7S. The van der Waals surface area contributed by atoms with Crippen LogP contribution in [0.25, 0.3) is 0 Å². The van der Waals surface area contributed by atoms with Crippen molar-refractivity contribution < 1.29 is 32.2 Å². The lowest BCUT2D eigenvalue weighted by Crippen LogP contribution is -2.62. The summed E-state index contributed by atoms with van der Waals surface area (Å²) in [6.45, 7) is 6.16. The lowest BCUT2D eigenvalue weighted by atomic mass is 9.61. The molecule has 2 aliphatic carbocycles. The Labute approximate surface area is 282 Å². The third kappa shape index (κ3) is 5.87. The van der Waals surface area contributed by atoms with Gasteiger partial charge in [0.15, 0.2) is 6.29 Å². The predicted octanol–water partition coefficient (Wildman–Crippen LogP) is 5.46. The molecule has 47 heavy (non-hydrogen) atoms. The molecule has 7 rings (SSSR count). The number of ether oxygens (including phenoxy) is 3. The molecule has 7 atom stereocenters. The van der Waals surface area contributed by atoms with Crippen LogP contribution in [0.15, 0.2) is 36.4 Å². The van der Waals surface area contributed by atoms with Crippen LogP contribution in [0.2, 0.25) is 5.02 Å². The fourth-order valence-electron chi connectivity index (χ4n) is 8.99. The highest BCUT2D eigenvalue weighted by molar-refractivity contribution is 7.90. The van der Waals surface area contributed by atoms with Crippen molar-refractivity contribution >= 4 is 39.5 Å². The third-order valence-electron chi connectivity index (χ3n) is 11.9. The van der Waals surface area contributed by atoms with E-state index in [-0.39, 0.29) is 28.7 Å². The molecule has 11 heteroatoms. The quantitative estimate of drug-likeness (QED) is 0.395. The zero-order valence-corrected chi connectivity index (χ0v) is 28.8. The molecule has 2 aromatic rings. The second-order valence-electron chi connectivity index (χ2n) is 14.5. The van der Waals surface area contributed by atoms with Gasteiger partial charge in [0.1, 0.15) is 17.5 Å². The number of amides is 1. The van der Waals surface area contributed by atoms with Crippen LogP contribution < -0.4 is 14.4 Å². The number of aldehydes is 1. The van der Waals surface area contributed by atoms with Crippen LogP contribution >= 0.6 is 11.6 Å². The number of sulfonamides is 1. The van der Waals surface area contributed by atoms with Crippen molar-refractivity contribution in [1.29, 1.82) is 0 Å². The molecule has 9 nitrogen and oxygen atoms in total. The first-order chi connectivity index (χ1) is 22.5. The minimum Gasteiger partial charge on any atom is -0.490 e. The van der Waals surface area contributed by atoms with E-state index in [9.17, 15) is 18.0 Å². The van der Waals surface area contributed by atoms with Gasteiger partial charge in [0.2, 0.25) is 10.0 Å². The highest BCUT2D eigenvalue weighted by Crippen LogP contribution is 2.51. The topological polar surface area (TPSA) is 111 Å². The Morgan fingerprint density at radius 3 is 2.68 bits per heavy atom. The van der Waals surface area contributed by atoms with E-state index in [1.165, 1.54) is 11.1 Å². The Morgan fingerprint density at radius 2 is 1.89 bits per heavy atom. The minimum absolute atomic E-state index is 0.0925. The van der Waals surface area contributed by atoms with Gasteiger partial charge in [0, 0.05) is 29.1 Å². The number of aryl methyl sites for hydroxylation is 1. The number of hydrogen-bond donors (Lipinski definition) is 1. The summed E-state index contributed by atoms with van der Waals surface area (Å²) in [5.41, 5.74) is 2.45. The van der Waals surface area contributed by atoms with Crippen molar-refractivity contribution in [2.75, 3.05) is 37.8 Å². The van der Waals surface area contributed by atoms with Crippen molar-refractivity contribution in [2.24, 2.45) is 17.8 Å². The van der Waals surface area contributed by atoms with Crippen LogP contribution in [0.1, 0.15) is 80.3 Å². The van der Waals surface area contributed by atoms with Crippen LogP contribution in [0.4, 0.5) is 5.69 Å². The lowest BCUT2D eigenvalue weighted by Gasteiger charge is -2.55. The molecule has 1 saturated heterocycles. The molecule has 3 heterocycles. The van der Waals surface area contributed by atoms with Crippen LogP contribution in [0.5, 0.6) is 5.75 Å². The van der Waals surface area contributed by atoms with Gasteiger partial charge in [-0.05, 0) is 111 Å². The van der Waals surface area contributed by atoms with Crippen molar-refractivity contribution in [3.63, 3.8) is 0 Å². The van der Waals surface area contributed by atoms with E-state index in [0.29, 0.717) is 57.9 Å². The number of nitrogens with one attached hydrogen (secondary N) is 1. The van der Waals surface area contributed by atoms with Crippen LogP contribution in [-0.2, 0) is 36.1 Å². The molecule has 0 aromatic heterocycles. The number of carbonyl (C=O) groups excluding carboxylic acids is 2. The van der Waals surface area contributed by atoms with E-state index in [2.05, 4.69) is 21.8 Å². The van der Waals surface area contributed by atoms with E-state index in [1.807, 2.05) is 13.0 Å². The molecule has 3 aliphatic heterocycles. The second-order valence-corrected chi connectivity index (χ2v) is 17.0. The largest absolute Gasteiger partial charge is 0.490 e. The number of benzene rings is 2. The first-order valence-electron chi connectivity index (χ1n) is 17.1. The molecule has 0 radical (unpaired) electrons. The Kier molecular flexibility index (Phi) is 8.85. The SMILES string of the molecule is C[C@@H]1[C@@H](C)CCC[C@@]2(OCCO[C@@H]2C=O)[C@@H]2CC[C@H]2CN2C[C@@]3(CCCc4cc(Cl)ccc43)COc3ccc(cc32)C(=O)NS1(=O)=O. The van der Waals surface area contributed by atoms with Gasteiger partial charge in [-0.1, -0.05) is 31.0 Å². The second kappa shape index (κ2) is 12.7. The monoisotopic (exact) mass is 684 g/mol. The Bertz CT molecular complexity index is 1650. The lowest BCUT2D eigenvalue weighted by molar-refractivity contribution is -0.240. The van der Waals surface area contributed by atoms with Gasteiger partial charge in [-0.3, -0.25) is 4.79 Å². The van der Waals surface area contributed by atoms with Gasteiger partial charge < -0.3 is 23.9 Å². The zero-order chi connectivity index (χ0) is 33.0.